The third-order valence-electron chi connectivity index (χ3n) is 5.62. The van der Waals surface area contributed by atoms with Gasteiger partial charge in [0.05, 0.1) is 24.9 Å². The van der Waals surface area contributed by atoms with Crippen LogP contribution in [0, 0.1) is 5.92 Å². The number of nitrogens with one attached hydrogen (secondary N) is 1. The van der Waals surface area contributed by atoms with Crippen molar-refractivity contribution in [2.75, 3.05) is 44.4 Å². The average Bonchev–Trinajstić information content (AvgIpc) is 2.77. The van der Waals surface area contributed by atoms with E-state index in [1.165, 1.54) is 7.11 Å². The van der Waals surface area contributed by atoms with Crippen LogP contribution < -0.4 is 5.32 Å². The lowest BCUT2D eigenvalue weighted by Crippen LogP contribution is -2.48. The standard InChI is InChI=1S/C22H33N5O4S/c1-5-14-32(29,30)27-12-10-26(11-13-27)15-19-23-18-9-7-6-8-17(18)21(24-19)25-20(16(2)3)22(28)31-4/h6-9,16,20H,5,10-15H2,1-4H3,(H,23,24,25)/t20-/m0/s1. The molecule has 0 unspecified atom stereocenters. The van der Waals surface area contributed by atoms with E-state index in [2.05, 4.69) is 10.2 Å². The minimum atomic E-state index is -3.18. The zero-order valence-corrected chi connectivity index (χ0v) is 20.1. The number of nitrogens with zero attached hydrogens (tertiary/aromatic N) is 4. The number of aromatic nitrogens is 2. The molecular weight excluding hydrogens is 430 g/mol. The van der Waals surface area contributed by atoms with Gasteiger partial charge in [-0.3, -0.25) is 4.90 Å². The number of ether oxygens (including phenoxy) is 1. The number of carbonyl (C=O) groups is 1. The quantitative estimate of drug-likeness (QED) is 0.564. The highest BCUT2D eigenvalue weighted by Gasteiger charge is 2.27. The van der Waals surface area contributed by atoms with Crippen LogP contribution in [-0.2, 0) is 26.1 Å². The van der Waals surface area contributed by atoms with Crippen molar-refractivity contribution in [3.8, 4) is 0 Å². The normalized spacial score (nSPS) is 16.9. The van der Waals surface area contributed by atoms with Gasteiger partial charge in [-0.15, -0.1) is 0 Å². The molecule has 9 nitrogen and oxygen atoms in total. The summed E-state index contributed by atoms with van der Waals surface area (Å²) in [5.74, 6) is 1.08. The molecule has 176 valence electrons. The Morgan fingerprint density at radius 3 is 2.47 bits per heavy atom. The maximum absolute atomic E-state index is 12.3. The van der Waals surface area contributed by atoms with Crippen molar-refractivity contribution in [1.29, 1.82) is 0 Å². The molecule has 0 saturated carbocycles. The molecule has 10 heteroatoms. The van der Waals surface area contributed by atoms with Crippen LogP contribution in [-0.4, -0.2) is 78.6 Å². The molecule has 1 aliphatic rings. The van der Waals surface area contributed by atoms with Gasteiger partial charge in [-0.25, -0.2) is 23.2 Å². The molecule has 1 N–H and O–H groups in total. The number of esters is 1. The maximum atomic E-state index is 12.3. The van der Waals surface area contributed by atoms with Gasteiger partial charge in [0, 0.05) is 31.6 Å². The molecule has 1 saturated heterocycles. The molecule has 2 heterocycles. The third-order valence-corrected chi connectivity index (χ3v) is 7.69. The van der Waals surface area contributed by atoms with Crippen molar-refractivity contribution < 1.29 is 17.9 Å². The smallest absolute Gasteiger partial charge is 0.328 e. The Morgan fingerprint density at radius 2 is 1.84 bits per heavy atom. The molecule has 2 aromatic rings. The van der Waals surface area contributed by atoms with E-state index >= 15 is 0 Å². The highest BCUT2D eigenvalue weighted by Crippen LogP contribution is 2.23. The molecule has 0 aliphatic carbocycles. The summed E-state index contributed by atoms with van der Waals surface area (Å²) < 4.78 is 31.2. The van der Waals surface area contributed by atoms with E-state index < -0.39 is 16.1 Å². The van der Waals surface area contributed by atoms with Crippen LogP contribution in [0.1, 0.15) is 33.0 Å². The Bertz CT molecular complexity index is 1040. The molecule has 0 spiro atoms. The lowest BCUT2D eigenvalue weighted by atomic mass is 10.0. The second kappa shape index (κ2) is 10.5. The molecule has 3 rings (SSSR count). The summed E-state index contributed by atoms with van der Waals surface area (Å²) in [4.78, 5) is 23.9. The summed E-state index contributed by atoms with van der Waals surface area (Å²) in [5.41, 5.74) is 0.788. The Morgan fingerprint density at radius 1 is 1.16 bits per heavy atom. The van der Waals surface area contributed by atoms with Crippen LogP contribution in [0.3, 0.4) is 0 Å². The van der Waals surface area contributed by atoms with E-state index in [1.54, 1.807) is 4.31 Å². The number of piperazine rings is 1. The Labute approximate surface area is 190 Å². The van der Waals surface area contributed by atoms with E-state index in [-0.39, 0.29) is 17.6 Å². The number of hydrogen-bond donors (Lipinski definition) is 1. The minimum Gasteiger partial charge on any atom is -0.467 e. The molecule has 1 aliphatic heterocycles. The van der Waals surface area contributed by atoms with E-state index in [4.69, 9.17) is 14.7 Å². The molecule has 32 heavy (non-hydrogen) atoms. The van der Waals surface area contributed by atoms with Crippen LogP contribution in [0.2, 0.25) is 0 Å². The van der Waals surface area contributed by atoms with Crippen LogP contribution in [0.25, 0.3) is 10.9 Å². The molecule has 1 aromatic heterocycles. The Hall–Kier alpha value is -2.30. The number of benzene rings is 1. The van der Waals surface area contributed by atoms with Crippen LogP contribution in [0.4, 0.5) is 5.82 Å². The summed E-state index contributed by atoms with van der Waals surface area (Å²) in [6, 6.07) is 7.14. The number of methoxy groups -OCH3 is 1. The number of hydrogen-bond acceptors (Lipinski definition) is 8. The summed E-state index contributed by atoms with van der Waals surface area (Å²) in [7, 11) is -1.80. The lowest BCUT2D eigenvalue weighted by molar-refractivity contribution is -0.142. The fourth-order valence-corrected chi connectivity index (χ4v) is 5.32. The van der Waals surface area contributed by atoms with Gasteiger partial charge >= 0.3 is 5.97 Å². The van der Waals surface area contributed by atoms with Gasteiger partial charge in [0.25, 0.3) is 0 Å². The van der Waals surface area contributed by atoms with Crippen molar-refractivity contribution in [2.45, 2.75) is 39.8 Å². The molecule has 1 fully saturated rings. The molecule has 0 bridgehead atoms. The number of rotatable bonds is 9. The monoisotopic (exact) mass is 463 g/mol. The van der Waals surface area contributed by atoms with Crippen molar-refractivity contribution >= 4 is 32.7 Å². The zero-order chi connectivity index (χ0) is 23.3. The minimum absolute atomic E-state index is 0.0118. The fraction of sp³-hybridized carbons (Fsp3) is 0.591. The molecule has 0 amide bonds. The zero-order valence-electron chi connectivity index (χ0n) is 19.2. The van der Waals surface area contributed by atoms with Crippen LogP contribution in [0.5, 0.6) is 0 Å². The van der Waals surface area contributed by atoms with Gasteiger partial charge in [-0.1, -0.05) is 32.9 Å². The largest absolute Gasteiger partial charge is 0.467 e. The first-order chi connectivity index (χ1) is 15.2. The average molecular weight is 464 g/mol. The predicted molar refractivity (Wildman–Crippen MR) is 125 cm³/mol. The van der Waals surface area contributed by atoms with Gasteiger partial charge in [-0.2, -0.15) is 4.31 Å². The summed E-state index contributed by atoms with van der Waals surface area (Å²) in [5, 5.41) is 4.09. The van der Waals surface area contributed by atoms with Gasteiger partial charge in [0.15, 0.2) is 0 Å². The van der Waals surface area contributed by atoms with Crippen LogP contribution in [0.15, 0.2) is 24.3 Å². The van der Waals surface area contributed by atoms with Crippen molar-refractivity contribution in [3.05, 3.63) is 30.1 Å². The topological polar surface area (TPSA) is 105 Å². The number of sulfonamides is 1. The number of para-hydroxylation sites is 1. The molecular formula is C22H33N5O4S. The second-order valence-corrected chi connectivity index (χ2v) is 10.5. The van der Waals surface area contributed by atoms with Crippen molar-refractivity contribution in [3.63, 3.8) is 0 Å². The Balaban J connectivity index is 1.79. The highest BCUT2D eigenvalue weighted by atomic mass is 32.2. The van der Waals surface area contributed by atoms with Crippen molar-refractivity contribution in [1.82, 2.24) is 19.2 Å². The number of carbonyl (C=O) groups excluding carboxylic acids is 1. The molecule has 1 atom stereocenters. The molecule has 1 aromatic carbocycles. The SMILES string of the molecule is CCCS(=O)(=O)N1CCN(Cc2nc(N[C@H](C(=O)OC)C(C)C)c3ccccc3n2)CC1. The Kier molecular flexibility index (Phi) is 8.02. The fourth-order valence-electron chi connectivity index (χ4n) is 3.83. The third kappa shape index (κ3) is 5.73. The van der Waals surface area contributed by atoms with Gasteiger partial charge in [0.1, 0.15) is 17.7 Å². The van der Waals surface area contributed by atoms with Crippen LogP contribution >= 0.6 is 0 Å². The second-order valence-electron chi connectivity index (χ2n) is 8.39. The van der Waals surface area contributed by atoms with E-state index in [0.717, 1.165) is 10.9 Å². The first-order valence-electron chi connectivity index (χ1n) is 11.1. The van der Waals surface area contributed by atoms with Gasteiger partial charge < -0.3 is 10.1 Å². The lowest BCUT2D eigenvalue weighted by Gasteiger charge is -2.33. The number of fused-ring (bicyclic) bond motifs is 1. The predicted octanol–water partition coefficient (Wildman–Crippen LogP) is 2.10. The summed E-state index contributed by atoms with van der Waals surface area (Å²) >= 11 is 0. The molecule has 0 radical (unpaired) electrons. The summed E-state index contributed by atoms with van der Waals surface area (Å²) in [6.45, 7) is 8.47. The first-order valence-corrected chi connectivity index (χ1v) is 12.7. The van der Waals surface area contributed by atoms with E-state index in [1.807, 2.05) is 45.0 Å². The summed E-state index contributed by atoms with van der Waals surface area (Å²) in [6.07, 6.45) is 0.617. The van der Waals surface area contributed by atoms with Gasteiger partial charge in [0.2, 0.25) is 10.0 Å². The highest BCUT2D eigenvalue weighted by molar-refractivity contribution is 7.89. The maximum Gasteiger partial charge on any atom is 0.328 e. The van der Waals surface area contributed by atoms with Gasteiger partial charge in [-0.05, 0) is 24.5 Å². The van der Waals surface area contributed by atoms with E-state index in [0.29, 0.717) is 50.8 Å². The van der Waals surface area contributed by atoms with Crippen molar-refractivity contribution in [2.24, 2.45) is 5.92 Å². The first kappa shape index (κ1) is 24.3. The van der Waals surface area contributed by atoms with E-state index in [9.17, 15) is 13.2 Å². The number of anilines is 1.